The monoisotopic (exact) mass is 367 g/mol. The lowest BCUT2D eigenvalue weighted by atomic mass is 9.93. The highest BCUT2D eigenvalue weighted by molar-refractivity contribution is 6.99. The fraction of sp³-hybridized carbons (Fsp3) is 0.478. The van der Waals surface area contributed by atoms with Crippen molar-refractivity contribution < 1.29 is 4.43 Å². The molecule has 26 heavy (non-hydrogen) atoms. The van der Waals surface area contributed by atoms with E-state index < -0.39 is 8.32 Å². The first-order valence-electron chi connectivity index (χ1n) is 9.93. The first-order valence-corrected chi connectivity index (χ1v) is 11.8. The quantitative estimate of drug-likeness (QED) is 0.804. The maximum Gasteiger partial charge on any atom is 0.261 e. The van der Waals surface area contributed by atoms with E-state index >= 15 is 0 Å². The number of nitrogens with one attached hydrogen (secondary N) is 1. The molecule has 3 rings (SSSR count). The van der Waals surface area contributed by atoms with Gasteiger partial charge in [0.2, 0.25) is 0 Å². The van der Waals surface area contributed by atoms with Gasteiger partial charge in [0, 0.05) is 12.1 Å². The molecule has 1 N–H and O–H groups in total. The maximum absolute atomic E-state index is 7.22. The highest BCUT2D eigenvalue weighted by atomic mass is 28.4. The second-order valence-corrected chi connectivity index (χ2v) is 12.8. The van der Waals surface area contributed by atoms with Gasteiger partial charge in [-0.3, -0.25) is 0 Å². The number of rotatable bonds is 5. The van der Waals surface area contributed by atoms with E-state index in [0.29, 0.717) is 12.1 Å². The second kappa shape index (κ2) is 8.08. The molecule has 2 aromatic rings. The van der Waals surface area contributed by atoms with E-state index in [0.717, 1.165) is 12.8 Å². The van der Waals surface area contributed by atoms with Gasteiger partial charge in [-0.1, -0.05) is 81.4 Å². The van der Waals surface area contributed by atoms with Crippen molar-refractivity contribution in [2.75, 3.05) is 7.05 Å². The predicted octanol–water partition coefficient (Wildman–Crippen LogP) is 4.09. The van der Waals surface area contributed by atoms with E-state index in [1.54, 1.807) is 0 Å². The third-order valence-electron chi connectivity index (χ3n) is 5.84. The van der Waals surface area contributed by atoms with Gasteiger partial charge in [-0.05, 0) is 48.1 Å². The Balaban J connectivity index is 2.04. The van der Waals surface area contributed by atoms with Gasteiger partial charge >= 0.3 is 0 Å². The molecule has 2 aromatic carbocycles. The molecule has 0 heterocycles. The van der Waals surface area contributed by atoms with Crippen molar-refractivity contribution in [2.24, 2.45) is 0 Å². The van der Waals surface area contributed by atoms with Gasteiger partial charge in [0.1, 0.15) is 0 Å². The normalized spacial score (nSPS) is 21.5. The van der Waals surface area contributed by atoms with E-state index in [9.17, 15) is 0 Å². The summed E-state index contributed by atoms with van der Waals surface area (Å²) < 4.78 is 7.22. The van der Waals surface area contributed by atoms with Gasteiger partial charge in [-0.25, -0.2) is 0 Å². The van der Waals surface area contributed by atoms with Gasteiger partial charge in [-0.2, -0.15) is 0 Å². The first kappa shape index (κ1) is 19.3. The van der Waals surface area contributed by atoms with Crippen LogP contribution in [0.1, 0.15) is 46.5 Å². The standard InChI is InChI=1S/C23H33NOSi/c1-23(2,3)26(21-11-7-5-8-12-21,22-13-9-6-10-14-22)25-20-17-15-19(24-4)16-18-20/h5-14,19-20,24H,15-18H2,1-4H3. The molecule has 0 amide bonds. The van der Waals surface area contributed by atoms with Crippen LogP contribution in [-0.4, -0.2) is 27.5 Å². The van der Waals surface area contributed by atoms with Crippen molar-refractivity contribution >= 4 is 18.7 Å². The summed E-state index contributed by atoms with van der Waals surface area (Å²) in [5.41, 5.74) is 0. The molecular weight excluding hydrogens is 334 g/mol. The molecule has 0 saturated heterocycles. The lowest BCUT2D eigenvalue weighted by Gasteiger charge is -2.46. The second-order valence-electron chi connectivity index (χ2n) is 8.54. The average molecular weight is 368 g/mol. The Morgan fingerprint density at radius 1 is 0.808 bits per heavy atom. The smallest absolute Gasteiger partial charge is 0.261 e. The molecule has 0 spiro atoms. The third kappa shape index (κ3) is 3.80. The zero-order valence-corrected chi connectivity index (χ0v) is 17.7. The Bertz CT molecular complexity index is 633. The summed E-state index contributed by atoms with van der Waals surface area (Å²) in [4.78, 5) is 0. The Hall–Kier alpha value is -1.42. The van der Waals surface area contributed by atoms with Gasteiger partial charge in [0.05, 0.1) is 0 Å². The van der Waals surface area contributed by atoms with Crippen molar-refractivity contribution in [3.05, 3.63) is 60.7 Å². The molecule has 0 aromatic heterocycles. The van der Waals surface area contributed by atoms with Crippen LogP contribution in [0.3, 0.4) is 0 Å². The first-order chi connectivity index (χ1) is 12.5. The number of hydrogen-bond donors (Lipinski definition) is 1. The molecule has 0 unspecified atom stereocenters. The molecule has 1 saturated carbocycles. The van der Waals surface area contributed by atoms with Gasteiger partial charge in [0.25, 0.3) is 8.32 Å². The molecule has 0 atom stereocenters. The van der Waals surface area contributed by atoms with Crippen LogP contribution < -0.4 is 15.7 Å². The minimum Gasteiger partial charge on any atom is -0.404 e. The van der Waals surface area contributed by atoms with Gasteiger partial charge in [-0.15, -0.1) is 0 Å². The van der Waals surface area contributed by atoms with Crippen molar-refractivity contribution in [1.82, 2.24) is 5.32 Å². The van der Waals surface area contributed by atoms with E-state index in [2.05, 4.69) is 93.8 Å². The number of benzene rings is 2. The van der Waals surface area contributed by atoms with E-state index in [1.807, 2.05) is 0 Å². The zero-order chi connectivity index (χ0) is 18.6. The van der Waals surface area contributed by atoms with Crippen molar-refractivity contribution in [2.45, 2.75) is 63.6 Å². The van der Waals surface area contributed by atoms with Crippen molar-refractivity contribution in [3.8, 4) is 0 Å². The van der Waals surface area contributed by atoms with Gasteiger partial charge < -0.3 is 9.74 Å². The summed E-state index contributed by atoms with van der Waals surface area (Å²) >= 11 is 0. The van der Waals surface area contributed by atoms with E-state index in [1.165, 1.54) is 23.2 Å². The van der Waals surface area contributed by atoms with E-state index in [4.69, 9.17) is 4.43 Å². The summed E-state index contributed by atoms with van der Waals surface area (Å²) in [6, 6.07) is 22.6. The summed E-state index contributed by atoms with van der Waals surface area (Å²) in [5.74, 6) is 0. The highest BCUT2D eigenvalue weighted by Crippen LogP contribution is 2.39. The fourth-order valence-electron chi connectivity index (χ4n) is 4.41. The molecule has 0 aliphatic heterocycles. The summed E-state index contributed by atoms with van der Waals surface area (Å²) in [7, 11) is -0.312. The highest BCUT2D eigenvalue weighted by Gasteiger charge is 2.51. The van der Waals surface area contributed by atoms with Gasteiger partial charge in [0.15, 0.2) is 0 Å². The molecule has 0 radical (unpaired) electrons. The molecule has 140 valence electrons. The van der Waals surface area contributed by atoms with Crippen LogP contribution in [-0.2, 0) is 4.43 Å². The Morgan fingerprint density at radius 3 is 1.65 bits per heavy atom. The third-order valence-corrected chi connectivity index (χ3v) is 10.9. The molecule has 1 aliphatic carbocycles. The SMILES string of the molecule is CNC1CCC(O[Si](c2ccccc2)(c2ccccc2)C(C)(C)C)CC1. The summed E-state index contributed by atoms with van der Waals surface area (Å²) in [6.07, 6.45) is 5.07. The molecule has 1 fully saturated rings. The minimum absolute atomic E-state index is 0.0650. The van der Waals surface area contributed by atoms with Crippen LogP contribution in [0.4, 0.5) is 0 Å². The van der Waals surface area contributed by atoms with Crippen LogP contribution in [0.25, 0.3) is 0 Å². The Labute approximate surface area is 160 Å². The summed E-state index contributed by atoms with van der Waals surface area (Å²) in [5, 5.41) is 6.27. The summed E-state index contributed by atoms with van der Waals surface area (Å²) in [6.45, 7) is 7.08. The zero-order valence-electron chi connectivity index (χ0n) is 16.7. The topological polar surface area (TPSA) is 21.3 Å². The Morgan fingerprint density at radius 2 is 1.27 bits per heavy atom. The average Bonchev–Trinajstić information content (AvgIpc) is 2.67. The molecule has 1 aliphatic rings. The molecule has 0 bridgehead atoms. The van der Waals surface area contributed by atoms with Crippen LogP contribution in [0.5, 0.6) is 0 Å². The van der Waals surface area contributed by atoms with Crippen LogP contribution in [0.2, 0.25) is 5.04 Å². The predicted molar refractivity (Wildman–Crippen MR) is 114 cm³/mol. The molecule has 3 heteroatoms. The van der Waals surface area contributed by atoms with Crippen LogP contribution in [0, 0.1) is 0 Å². The minimum atomic E-state index is -2.39. The van der Waals surface area contributed by atoms with Crippen molar-refractivity contribution in [3.63, 3.8) is 0 Å². The molecule has 2 nitrogen and oxygen atoms in total. The largest absolute Gasteiger partial charge is 0.404 e. The fourth-order valence-corrected chi connectivity index (χ4v) is 9.16. The number of hydrogen-bond acceptors (Lipinski definition) is 2. The van der Waals surface area contributed by atoms with E-state index in [-0.39, 0.29) is 5.04 Å². The lowest BCUT2D eigenvalue weighted by Crippen LogP contribution is -2.68. The maximum atomic E-state index is 7.22. The van der Waals surface area contributed by atoms with Crippen molar-refractivity contribution in [1.29, 1.82) is 0 Å². The Kier molecular flexibility index (Phi) is 6.01. The lowest BCUT2D eigenvalue weighted by molar-refractivity contribution is 0.131. The van der Waals surface area contributed by atoms with Crippen LogP contribution >= 0.6 is 0 Å². The van der Waals surface area contributed by atoms with Crippen LogP contribution in [0.15, 0.2) is 60.7 Å². The molecular formula is C23H33NOSi.